The molecule has 2 aromatic rings. The number of rotatable bonds is 3. The summed E-state index contributed by atoms with van der Waals surface area (Å²) in [6, 6.07) is 8.82. The van der Waals surface area contributed by atoms with Gasteiger partial charge < -0.3 is 9.73 Å². The number of nitrogens with zero attached hydrogens (tertiary/aromatic N) is 2. The number of benzene rings is 1. The topological polar surface area (TPSA) is 51.0 Å². The van der Waals surface area contributed by atoms with E-state index < -0.39 is 0 Å². The first-order valence-electron chi connectivity index (χ1n) is 7.55. The SMILES string of the molecule is c1cc(NC2CCCCCCC2)cc(-c2nnco2)c1. The van der Waals surface area contributed by atoms with Crippen LogP contribution in [0.1, 0.15) is 44.9 Å². The molecule has 20 heavy (non-hydrogen) atoms. The molecule has 0 unspecified atom stereocenters. The summed E-state index contributed by atoms with van der Waals surface area (Å²) in [5.41, 5.74) is 2.12. The molecule has 106 valence electrons. The third kappa shape index (κ3) is 3.38. The molecule has 1 heterocycles. The van der Waals surface area contributed by atoms with Crippen molar-refractivity contribution in [3.05, 3.63) is 30.7 Å². The van der Waals surface area contributed by atoms with Crippen molar-refractivity contribution in [3.8, 4) is 11.5 Å². The molecule has 1 N–H and O–H groups in total. The fraction of sp³-hybridized carbons (Fsp3) is 0.500. The lowest BCUT2D eigenvalue weighted by molar-refractivity contribution is 0.471. The summed E-state index contributed by atoms with van der Waals surface area (Å²) < 4.78 is 5.25. The van der Waals surface area contributed by atoms with Crippen LogP contribution >= 0.6 is 0 Å². The Labute approximate surface area is 119 Å². The molecule has 1 aromatic carbocycles. The summed E-state index contributed by atoms with van der Waals surface area (Å²) in [7, 11) is 0. The molecule has 0 spiro atoms. The van der Waals surface area contributed by atoms with Crippen molar-refractivity contribution in [2.24, 2.45) is 0 Å². The first-order chi connectivity index (χ1) is 9.92. The normalized spacial score (nSPS) is 17.4. The van der Waals surface area contributed by atoms with Crippen LogP contribution in [-0.4, -0.2) is 16.2 Å². The fourth-order valence-corrected chi connectivity index (χ4v) is 2.88. The maximum absolute atomic E-state index is 5.25. The lowest BCUT2D eigenvalue weighted by atomic mass is 9.96. The van der Waals surface area contributed by atoms with Crippen LogP contribution in [0.15, 0.2) is 35.1 Å². The van der Waals surface area contributed by atoms with Crippen LogP contribution in [0.3, 0.4) is 0 Å². The molecule has 0 atom stereocenters. The summed E-state index contributed by atoms with van der Waals surface area (Å²) in [5.74, 6) is 0.575. The molecule has 0 radical (unpaired) electrons. The molecular weight excluding hydrogens is 250 g/mol. The molecule has 0 saturated heterocycles. The minimum Gasteiger partial charge on any atom is -0.423 e. The van der Waals surface area contributed by atoms with E-state index in [2.05, 4.69) is 27.6 Å². The van der Waals surface area contributed by atoms with Crippen LogP contribution in [-0.2, 0) is 0 Å². The maximum Gasteiger partial charge on any atom is 0.247 e. The van der Waals surface area contributed by atoms with E-state index in [9.17, 15) is 0 Å². The summed E-state index contributed by atoms with van der Waals surface area (Å²) >= 11 is 0. The van der Waals surface area contributed by atoms with E-state index in [1.165, 1.54) is 51.3 Å². The zero-order valence-corrected chi connectivity index (χ0v) is 11.7. The molecule has 1 aromatic heterocycles. The fourth-order valence-electron chi connectivity index (χ4n) is 2.88. The summed E-state index contributed by atoms with van der Waals surface area (Å²) in [4.78, 5) is 0. The van der Waals surface area contributed by atoms with Crippen molar-refractivity contribution in [2.75, 3.05) is 5.32 Å². The molecule has 3 rings (SSSR count). The summed E-state index contributed by atoms with van der Waals surface area (Å²) in [6.07, 6.45) is 10.7. The molecule has 1 aliphatic carbocycles. The highest BCUT2D eigenvalue weighted by molar-refractivity contribution is 5.61. The average Bonchev–Trinajstić information content (AvgIpc) is 2.96. The van der Waals surface area contributed by atoms with Crippen LogP contribution in [0.5, 0.6) is 0 Å². The van der Waals surface area contributed by atoms with E-state index in [0.29, 0.717) is 11.9 Å². The molecule has 1 fully saturated rings. The number of hydrogen-bond acceptors (Lipinski definition) is 4. The lowest BCUT2D eigenvalue weighted by Crippen LogP contribution is -2.20. The van der Waals surface area contributed by atoms with Gasteiger partial charge in [0, 0.05) is 17.3 Å². The first kappa shape index (κ1) is 13.2. The van der Waals surface area contributed by atoms with Crippen molar-refractivity contribution >= 4 is 5.69 Å². The van der Waals surface area contributed by atoms with Crippen LogP contribution < -0.4 is 5.32 Å². The van der Waals surface area contributed by atoms with Crippen LogP contribution in [0.2, 0.25) is 0 Å². The van der Waals surface area contributed by atoms with Gasteiger partial charge >= 0.3 is 0 Å². The van der Waals surface area contributed by atoms with Gasteiger partial charge in [-0.2, -0.15) is 0 Å². The lowest BCUT2D eigenvalue weighted by Gasteiger charge is -2.22. The van der Waals surface area contributed by atoms with Crippen molar-refractivity contribution in [1.82, 2.24) is 10.2 Å². The predicted molar refractivity (Wildman–Crippen MR) is 79.5 cm³/mol. The van der Waals surface area contributed by atoms with Gasteiger partial charge in [0.05, 0.1) is 0 Å². The van der Waals surface area contributed by atoms with Gasteiger partial charge in [-0.25, -0.2) is 0 Å². The highest BCUT2D eigenvalue weighted by Gasteiger charge is 2.12. The molecule has 1 saturated carbocycles. The highest BCUT2D eigenvalue weighted by atomic mass is 16.4. The second-order valence-corrected chi connectivity index (χ2v) is 5.51. The van der Waals surface area contributed by atoms with E-state index in [4.69, 9.17) is 4.42 Å². The Kier molecular flexibility index (Phi) is 4.31. The molecular formula is C16H21N3O. The van der Waals surface area contributed by atoms with E-state index >= 15 is 0 Å². The van der Waals surface area contributed by atoms with E-state index in [1.54, 1.807) is 0 Å². The predicted octanol–water partition coefficient (Wildman–Crippen LogP) is 4.26. The second-order valence-electron chi connectivity index (χ2n) is 5.51. The Morgan fingerprint density at radius 2 is 1.85 bits per heavy atom. The van der Waals surface area contributed by atoms with Crippen LogP contribution in [0.25, 0.3) is 11.5 Å². The zero-order chi connectivity index (χ0) is 13.6. The molecule has 0 bridgehead atoms. The Morgan fingerprint density at radius 3 is 2.60 bits per heavy atom. The third-order valence-electron chi connectivity index (χ3n) is 3.95. The van der Waals surface area contributed by atoms with E-state index in [-0.39, 0.29) is 0 Å². The second kappa shape index (κ2) is 6.55. The van der Waals surface area contributed by atoms with Crippen LogP contribution in [0.4, 0.5) is 5.69 Å². The monoisotopic (exact) mass is 271 g/mol. The van der Waals surface area contributed by atoms with Crippen molar-refractivity contribution in [3.63, 3.8) is 0 Å². The first-order valence-corrected chi connectivity index (χ1v) is 7.55. The van der Waals surface area contributed by atoms with Crippen molar-refractivity contribution in [2.45, 2.75) is 51.0 Å². The van der Waals surface area contributed by atoms with Gasteiger partial charge in [-0.15, -0.1) is 10.2 Å². The summed E-state index contributed by atoms with van der Waals surface area (Å²) in [5, 5.41) is 11.3. The van der Waals surface area contributed by atoms with E-state index in [0.717, 1.165) is 11.3 Å². The van der Waals surface area contributed by atoms with Gasteiger partial charge in [0.25, 0.3) is 0 Å². The van der Waals surface area contributed by atoms with E-state index in [1.807, 2.05) is 12.1 Å². The van der Waals surface area contributed by atoms with Gasteiger partial charge in [0.15, 0.2) is 0 Å². The van der Waals surface area contributed by atoms with Gasteiger partial charge in [-0.3, -0.25) is 0 Å². The van der Waals surface area contributed by atoms with Gasteiger partial charge in [-0.05, 0) is 31.0 Å². The van der Waals surface area contributed by atoms with Crippen molar-refractivity contribution < 1.29 is 4.42 Å². The Balaban J connectivity index is 1.69. The van der Waals surface area contributed by atoms with Gasteiger partial charge in [0.1, 0.15) is 0 Å². The number of nitrogens with one attached hydrogen (secondary N) is 1. The molecule has 4 nitrogen and oxygen atoms in total. The molecule has 0 amide bonds. The largest absolute Gasteiger partial charge is 0.423 e. The van der Waals surface area contributed by atoms with Gasteiger partial charge in [-0.1, -0.05) is 38.2 Å². The molecule has 4 heteroatoms. The Bertz CT molecular complexity index is 516. The zero-order valence-electron chi connectivity index (χ0n) is 11.7. The smallest absolute Gasteiger partial charge is 0.247 e. The molecule has 1 aliphatic rings. The average molecular weight is 271 g/mol. The van der Waals surface area contributed by atoms with Gasteiger partial charge in [0.2, 0.25) is 12.3 Å². The number of hydrogen-bond donors (Lipinski definition) is 1. The Hall–Kier alpha value is -1.84. The standard InChI is InChI=1S/C16H21N3O/c1-2-4-8-14(9-5-3-1)18-15-10-6-7-13(11-15)16-19-17-12-20-16/h6-7,10-12,14,18H,1-5,8-9H2. The summed E-state index contributed by atoms with van der Waals surface area (Å²) in [6.45, 7) is 0. The number of aromatic nitrogens is 2. The highest BCUT2D eigenvalue weighted by Crippen LogP contribution is 2.24. The number of anilines is 1. The quantitative estimate of drug-likeness (QED) is 0.906. The minimum atomic E-state index is 0.575. The van der Waals surface area contributed by atoms with Crippen LogP contribution in [0, 0.1) is 0 Å². The minimum absolute atomic E-state index is 0.575. The maximum atomic E-state index is 5.25. The van der Waals surface area contributed by atoms with Crippen molar-refractivity contribution in [1.29, 1.82) is 0 Å². The molecule has 0 aliphatic heterocycles. The Morgan fingerprint density at radius 1 is 1.05 bits per heavy atom. The third-order valence-corrected chi connectivity index (χ3v) is 3.95.